The molecule has 0 aromatic heterocycles. The summed E-state index contributed by atoms with van der Waals surface area (Å²) in [5, 5.41) is 3.34. The molecule has 22 heavy (non-hydrogen) atoms. The molecule has 3 rings (SSSR count). The third-order valence-corrected chi connectivity index (χ3v) is 4.09. The minimum atomic E-state index is -0.285. The van der Waals surface area contributed by atoms with Gasteiger partial charge in [-0.05, 0) is 67.9 Å². The summed E-state index contributed by atoms with van der Waals surface area (Å²) in [5.74, 6) is 0.452. The molecule has 1 unspecified atom stereocenters. The molecule has 1 atom stereocenters. The molecule has 0 aliphatic carbocycles. The summed E-state index contributed by atoms with van der Waals surface area (Å²) in [6.07, 6.45) is 1.86. The average molecular weight is 303 g/mol. The molecule has 1 fully saturated rings. The second kappa shape index (κ2) is 6.88. The maximum Gasteiger partial charge on any atom is 0.127 e. The zero-order valence-electron chi connectivity index (χ0n) is 12.3. The maximum absolute atomic E-state index is 13.2. The number of benzene rings is 2. The third-order valence-electron chi connectivity index (χ3n) is 4.09. The first kappa shape index (κ1) is 15.0. The molecule has 0 saturated carbocycles. The summed E-state index contributed by atoms with van der Waals surface area (Å²) in [5.41, 5.74) is 0.956. The fourth-order valence-corrected chi connectivity index (χ4v) is 2.90. The Kier molecular flexibility index (Phi) is 4.68. The van der Waals surface area contributed by atoms with E-state index in [1.807, 2.05) is 0 Å². The third kappa shape index (κ3) is 3.63. The highest BCUT2D eigenvalue weighted by Crippen LogP contribution is 2.33. The van der Waals surface area contributed by atoms with Gasteiger partial charge in [0.2, 0.25) is 0 Å². The van der Waals surface area contributed by atoms with Crippen molar-refractivity contribution in [1.82, 2.24) is 5.32 Å². The summed E-state index contributed by atoms with van der Waals surface area (Å²) in [7, 11) is 0. The molecule has 1 heterocycles. The van der Waals surface area contributed by atoms with Crippen molar-refractivity contribution in [2.45, 2.75) is 18.9 Å². The molecular formula is C18H19F2NO. The van der Waals surface area contributed by atoms with Gasteiger partial charge in [-0.1, -0.05) is 12.1 Å². The summed E-state index contributed by atoms with van der Waals surface area (Å²) in [6.45, 7) is 1.91. The van der Waals surface area contributed by atoms with Crippen molar-refractivity contribution in [3.05, 3.63) is 65.7 Å². The molecule has 4 heteroatoms. The van der Waals surface area contributed by atoms with E-state index in [1.165, 1.54) is 24.3 Å². The molecule has 2 nitrogen and oxygen atoms in total. The molecule has 0 amide bonds. The Labute approximate surface area is 129 Å². The van der Waals surface area contributed by atoms with Crippen LogP contribution in [0.2, 0.25) is 0 Å². The van der Waals surface area contributed by atoms with Crippen molar-refractivity contribution in [1.29, 1.82) is 0 Å². The number of rotatable bonds is 4. The van der Waals surface area contributed by atoms with E-state index in [1.54, 1.807) is 24.3 Å². The first-order valence-corrected chi connectivity index (χ1v) is 7.61. The fourth-order valence-electron chi connectivity index (χ4n) is 2.90. The molecule has 1 aliphatic rings. The zero-order valence-corrected chi connectivity index (χ0v) is 12.3. The van der Waals surface area contributed by atoms with Gasteiger partial charge in [-0.2, -0.15) is 0 Å². The highest BCUT2D eigenvalue weighted by molar-refractivity contribution is 5.26. The predicted octanol–water partition coefficient (Wildman–Crippen LogP) is 4.08. The summed E-state index contributed by atoms with van der Waals surface area (Å²) < 4.78 is 32.3. The lowest BCUT2D eigenvalue weighted by atomic mass is 9.88. The van der Waals surface area contributed by atoms with E-state index in [0.29, 0.717) is 11.7 Å². The van der Waals surface area contributed by atoms with Crippen LogP contribution < -0.4 is 10.1 Å². The van der Waals surface area contributed by atoms with Crippen LogP contribution >= 0.6 is 0 Å². The van der Waals surface area contributed by atoms with Crippen LogP contribution in [0, 0.1) is 17.6 Å². The summed E-state index contributed by atoms with van der Waals surface area (Å²) in [6, 6.07) is 12.5. The van der Waals surface area contributed by atoms with Gasteiger partial charge in [0.1, 0.15) is 23.5 Å². The Morgan fingerprint density at radius 1 is 0.864 bits per heavy atom. The molecule has 2 aromatic rings. The fraction of sp³-hybridized carbons (Fsp3) is 0.333. The SMILES string of the molecule is Fc1ccc(OC(c2ccc(F)cc2)C2CCNCC2)cc1. The lowest BCUT2D eigenvalue weighted by molar-refractivity contribution is 0.112. The van der Waals surface area contributed by atoms with Gasteiger partial charge in [-0.3, -0.25) is 0 Å². The van der Waals surface area contributed by atoms with Crippen LogP contribution in [0.3, 0.4) is 0 Å². The molecule has 2 aromatic carbocycles. The van der Waals surface area contributed by atoms with Gasteiger partial charge in [0.15, 0.2) is 0 Å². The maximum atomic E-state index is 13.2. The van der Waals surface area contributed by atoms with Crippen LogP contribution in [0.5, 0.6) is 5.75 Å². The molecule has 116 valence electrons. The number of hydrogen-bond acceptors (Lipinski definition) is 2. The van der Waals surface area contributed by atoms with Crippen molar-refractivity contribution in [3.8, 4) is 5.75 Å². The van der Waals surface area contributed by atoms with Gasteiger partial charge in [-0.15, -0.1) is 0 Å². The molecule has 1 saturated heterocycles. The van der Waals surface area contributed by atoms with Crippen molar-refractivity contribution >= 4 is 0 Å². The van der Waals surface area contributed by atoms with E-state index in [9.17, 15) is 8.78 Å². The standard InChI is InChI=1S/C18H19F2NO/c19-15-3-1-13(2-4-15)18(14-9-11-21-12-10-14)22-17-7-5-16(20)6-8-17/h1-8,14,18,21H,9-12H2. The second-order valence-corrected chi connectivity index (χ2v) is 5.63. The van der Waals surface area contributed by atoms with Crippen molar-refractivity contribution in [3.63, 3.8) is 0 Å². The first-order valence-electron chi connectivity index (χ1n) is 7.61. The van der Waals surface area contributed by atoms with Crippen molar-refractivity contribution in [2.75, 3.05) is 13.1 Å². The predicted molar refractivity (Wildman–Crippen MR) is 81.8 cm³/mol. The minimum absolute atomic E-state index is 0.145. The van der Waals surface area contributed by atoms with Gasteiger partial charge in [0.05, 0.1) is 0 Å². The lowest BCUT2D eigenvalue weighted by Crippen LogP contribution is -2.32. The van der Waals surface area contributed by atoms with Crippen LogP contribution in [0.4, 0.5) is 8.78 Å². The van der Waals surface area contributed by atoms with Crippen LogP contribution in [0.25, 0.3) is 0 Å². The Morgan fingerprint density at radius 3 is 2.00 bits per heavy atom. The number of ether oxygens (including phenoxy) is 1. The van der Waals surface area contributed by atoms with Gasteiger partial charge in [0, 0.05) is 5.92 Å². The van der Waals surface area contributed by atoms with E-state index in [4.69, 9.17) is 4.74 Å². The highest BCUT2D eigenvalue weighted by atomic mass is 19.1. The molecule has 0 radical (unpaired) electrons. The Balaban J connectivity index is 1.84. The summed E-state index contributed by atoms with van der Waals surface area (Å²) in [4.78, 5) is 0. The van der Waals surface area contributed by atoms with Gasteiger partial charge >= 0.3 is 0 Å². The number of halogens is 2. The zero-order chi connectivity index (χ0) is 15.4. The molecular weight excluding hydrogens is 284 g/mol. The Morgan fingerprint density at radius 2 is 1.41 bits per heavy atom. The van der Waals surface area contributed by atoms with Crippen LogP contribution in [-0.2, 0) is 0 Å². The minimum Gasteiger partial charge on any atom is -0.485 e. The second-order valence-electron chi connectivity index (χ2n) is 5.63. The van der Waals surface area contributed by atoms with Crippen LogP contribution in [0.15, 0.2) is 48.5 Å². The normalized spacial score (nSPS) is 17.2. The molecule has 1 N–H and O–H groups in total. The van der Waals surface area contributed by atoms with Crippen molar-refractivity contribution < 1.29 is 13.5 Å². The van der Waals surface area contributed by atoms with E-state index in [0.717, 1.165) is 31.5 Å². The Hall–Kier alpha value is -1.94. The van der Waals surface area contributed by atoms with Gasteiger partial charge in [0.25, 0.3) is 0 Å². The largest absolute Gasteiger partial charge is 0.485 e. The van der Waals surface area contributed by atoms with Crippen LogP contribution in [-0.4, -0.2) is 13.1 Å². The number of nitrogens with one attached hydrogen (secondary N) is 1. The van der Waals surface area contributed by atoms with E-state index in [-0.39, 0.29) is 17.7 Å². The number of hydrogen-bond donors (Lipinski definition) is 1. The quantitative estimate of drug-likeness (QED) is 0.919. The van der Waals surface area contributed by atoms with Crippen molar-refractivity contribution in [2.24, 2.45) is 5.92 Å². The molecule has 0 spiro atoms. The van der Waals surface area contributed by atoms with Crippen LogP contribution in [0.1, 0.15) is 24.5 Å². The lowest BCUT2D eigenvalue weighted by Gasteiger charge is -2.31. The van der Waals surface area contributed by atoms with Gasteiger partial charge in [-0.25, -0.2) is 8.78 Å². The van der Waals surface area contributed by atoms with E-state index in [2.05, 4.69) is 5.32 Å². The van der Waals surface area contributed by atoms with E-state index < -0.39 is 0 Å². The van der Waals surface area contributed by atoms with Gasteiger partial charge < -0.3 is 10.1 Å². The first-order chi connectivity index (χ1) is 10.7. The topological polar surface area (TPSA) is 21.3 Å². The average Bonchev–Trinajstić information content (AvgIpc) is 2.56. The summed E-state index contributed by atoms with van der Waals surface area (Å²) >= 11 is 0. The Bertz CT molecular complexity index is 591. The highest BCUT2D eigenvalue weighted by Gasteiger charge is 2.26. The molecule has 0 bridgehead atoms. The monoisotopic (exact) mass is 303 g/mol. The number of piperidine rings is 1. The molecule has 1 aliphatic heterocycles. The smallest absolute Gasteiger partial charge is 0.127 e. The van der Waals surface area contributed by atoms with E-state index >= 15 is 0 Å².